The number of likely N-dealkylation sites (tertiary alicyclic amines) is 12. The topological polar surface area (TPSA) is 200 Å². The maximum Gasteiger partial charge on any atom is 0.246 e. The number of ether oxygens (including phenoxy) is 1. The zero-order valence-corrected chi connectivity index (χ0v) is 70.5. The van der Waals surface area contributed by atoms with Crippen molar-refractivity contribution in [3.05, 3.63) is 101 Å². The number of nitrogens with zero attached hydrogens (tertiary/aromatic N) is 13. The van der Waals surface area contributed by atoms with Crippen LogP contribution < -0.4 is 5.32 Å². The van der Waals surface area contributed by atoms with E-state index in [1.807, 2.05) is 43.2 Å². The van der Waals surface area contributed by atoms with Crippen LogP contribution in [0.1, 0.15) is 169 Å². The number of carbonyl (C=O) groups is 8. The van der Waals surface area contributed by atoms with Crippen molar-refractivity contribution in [2.24, 2.45) is 11.8 Å². The van der Waals surface area contributed by atoms with Gasteiger partial charge in [-0.1, -0.05) is 80.3 Å². The molecule has 9 unspecified atom stereocenters. The summed E-state index contributed by atoms with van der Waals surface area (Å²) in [4.78, 5) is 118. The monoisotopic (exact) mass is 1520 g/mol. The van der Waals surface area contributed by atoms with Crippen LogP contribution in [0.5, 0.6) is 0 Å². The summed E-state index contributed by atoms with van der Waals surface area (Å²) in [5.41, 5.74) is 0. The van der Waals surface area contributed by atoms with Gasteiger partial charge in [0.05, 0.1) is 30.3 Å². The highest BCUT2D eigenvalue weighted by molar-refractivity contribution is 5.91. The number of nitrogens with one attached hydrogen (secondary N) is 1. The second-order valence-electron chi connectivity index (χ2n) is 33.7. The lowest BCUT2D eigenvalue weighted by molar-refractivity contribution is -0.145. The highest BCUT2D eigenvalue weighted by Gasteiger charge is 2.51. The Morgan fingerprint density at radius 1 is 0.367 bits per heavy atom. The Morgan fingerprint density at radius 2 is 0.743 bits per heavy atom. The molecule has 0 saturated carbocycles. The predicted molar refractivity (Wildman–Crippen MR) is 441 cm³/mol. The van der Waals surface area contributed by atoms with Gasteiger partial charge in [-0.3, -0.25) is 62.9 Å². The van der Waals surface area contributed by atoms with Crippen LogP contribution in [0.2, 0.25) is 0 Å². The Kier molecular flexibility index (Phi) is 38.0. The third-order valence-corrected chi connectivity index (χ3v) is 23.6. The molecule has 0 aliphatic carbocycles. The molecule has 8 amide bonds. The maximum atomic E-state index is 11.6. The normalized spacial score (nSPS) is 25.5. The summed E-state index contributed by atoms with van der Waals surface area (Å²) in [6.07, 6.45) is 22.4. The van der Waals surface area contributed by atoms with Crippen molar-refractivity contribution in [3.63, 3.8) is 0 Å². The number of rotatable bonds is 20. The van der Waals surface area contributed by atoms with Crippen LogP contribution in [-0.2, 0) is 43.1 Å². The number of likely N-dealkylation sites (N-methyl/N-ethyl adjacent to an activating group) is 1. The van der Waals surface area contributed by atoms with Gasteiger partial charge in [0.1, 0.15) is 0 Å². The van der Waals surface area contributed by atoms with E-state index in [1.54, 1.807) is 9.80 Å². The lowest BCUT2D eigenvalue weighted by Crippen LogP contribution is -2.71. The lowest BCUT2D eigenvalue weighted by Gasteiger charge is -2.57. The van der Waals surface area contributed by atoms with Crippen molar-refractivity contribution in [2.75, 3.05) is 112 Å². The second kappa shape index (κ2) is 44.6. The fraction of sp³-hybridized carbons (Fsp3) is 0.721. The fourth-order valence-electron chi connectivity index (χ4n) is 17.3. The average Bonchev–Trinajstić information content (AvgIpc) is 1.76. The minimum Gasteiger partial charge on any atom is -0.372 e. The van der Waals surface area contributed by atoms with E-state index in [0.717, 1.165) is 123 Å². The zero-order valence-electron chi connectivity index (χ0n) is 70.5. The quantitative estimate of drug-likeness (QED) is 0.114. The molecular formula is C86H146N14O9. The summed E-state index contributed by atoms with van der Waals surface area (Å²) in [7, 11) is 2.10. The van der Waals surface area contributed by atoms with Gasteiger partial charge in [-0.15, -0.1) is 0 Å². The molecule has 12 aliphatic heterocycles. The van der Waals surface area contributed by atoms with Gasteiger partial charge in [-0.05, 0) is 215 Å². The van der Waals surface area contributed by atoms with Crippen LogP contribution in [0, 0.1) is 11.8 Å². The molecular weight excluding hydrogens is 1370 g/mol. The van der Waals surface area contributed by atoms with Crippen molar-refractivity contribution < 1.29 is 43.1 Å². The smallest absolute Gasteiger partial charge is 0.246 e. The first kappa shape index (κ1) is 93.0. The molecule has 0 aromatic carbocycles. The molecule has 23 heteroatoms. The molecule has 12 heterocycles. The van der Waals surface area contributed by atoms with Gasteiger partial charge < -0.3 is 49.3 Å². The van der Waals surface area contributed by atoms with Crippen LogP contribution in [0.4, 0.5) is 0 Å². The standard InChI is InChI=1S/2C12H20N2O.C12H21NO.2C11H18N2O.C10H18N2O.C9H16N2O.C9H15NO2/c1-4-12(15)13-7-5-6-10-11(13)8-14(10)9(2)3;1-4-12(15)14-8-11-10(14)6-5-7-13(11)9(2)3;1-4-12(14)13-7-5-6-11(9-13)8-10(2)3;1-4-11(14)12-6-5-9-10(12)7-13(9)8(2)3;1-4-11(14)13-7-10-9(13)5-6-12(10)8(2)3;1-5-10(13)12-6-9(7-12)11(4)8(2)3;1-4-9(12)11-5-8(6-11)10-7(2)3;1-4-9(11)10-5-8(6-10)12-7(2)3/h2*4,9-11H,1,5-8H2,2-3H3;4,10-11H,1,5-9H2,2-3H3;2*4,8-10H,1,5-7H2,2-3H3;5,8-9H,1,6-7H2,2-4H3;4,7-8,10H,1,5-6H2,2-3H3;4,7-8H,1,5-6H2,2-3H3. The highest BCUT2D eigenvalue weighted by Crippen LogP contribution is 2.37. The Balaban J connectivity index is 0.000000223. The summed E-state index contributed by atoms with van der Waals surface area (Å²) in [6, 6.07) is 8.71. The molecule has 12 aliphatic rings. The van der Waals surface area contributed by atoms with Crippen LogP contribution in [0.25, 0.3) is 0 Å². The van der Waals surface area contributed by atoms with E-state index >= 15 is 0 Å². The second-order valence-corrected chi connectivity index (χ2v) is 33.7. The molecule has 0 bridgehead atoms. The summed E-state index contributed by atoms with van der Waals surface area (Å²) >= 11 is 0. The molecule has 0 spiro atoms. The van der Waals surface area contributed by atoms with Crippen LogP contribution >= 0.6 is 0 Å². The molecule has 0 radical (unpaired) electrons. The molecule has 1 N–H and O–H groups in total. The molecule has 23 nitrogen and oxygen atoms in total. The van der Waals surface area contributed by atoms with Crippen LogP contribution in [0.3, 0.4) is 0 Å². The Morgan fingerprint density at radius 3 is 1.17 bits per heavy atom. The summed E-state index contributed by atoms with van der Waals surface area (Å²) < 4.78 is 5.48. The largest absolute Gasteiger partial charge is 0.372 e. The molecule has 109 heavy (non-hydrogen) atoms. The molecule has 12 saturated heterocycles. The van der Waals surface area contributed by atoms with E-state index in [4.69, 9.17) is 4.74 Å². The first-order valence-electron chi connectivity index (χ1n) is 41.1. The Bertz CT molecular complexity index is 2980. The van der Waals surface area contributed by atoms with Crippen molar-refractivity contribution in [1.82, 2.24) is 69.0 Å². The molecule has 12 rings (SSSR count). The predicted octanol–water partition coefficient (Wildman–Crippen LogP) is 8.61. The lowest BCUT2D eigenvalue weighted by atomic mass is 9.85. The first-order chi connectivity index (χ1) is 51.5. The molecule has 614 valence electrons. The van der Waals surface area contributed by atoms with Crippen LogP contribution in [0.15, 0.2) is 101 Å². The first-order valence-corrected chi connectivity index (χ1v) is 41.1. The van der Waals surface area contributed by atoms with Crippen LogP contribution in [-0.4, -0.2) is 332 Å². The number of piperidine rings is 3. The molecule has 9 atom stereocenters. The van der Waals surface area contributed by atoms with Crippen molar-refractivity contribution in [3.8, 4) is 0 Å². The average molecular weight is 1520 g/mol. The Labute approximate surface area is 658 Å². The minimum absolute atomic E-state index is 0.00129. The van der Waals surface area contributed by atoms with E-state index in [9.17, 15) is 38.4 Å². The van der Waals surface area contributed by atoms with Gasteiger partial charge in [0.2, 0.25) is 47.3 Å². The van der Waals surface area contributed by atoms with Gasteiger partial charge in [0, 0.05) is 177 Å². The molecule has 0 aromatic rings. The molecule has 0 aromatic heterocycles. The van der Waals surface area contributed by atoms with Gasteiger partial charge in [-0.2, -0.15) is 0 Å². The van der Waals surface area contributed by atoms with E-state index in [1.165, 1.54) is 80.8 Å². The zero-order chi connectivity index (χ0) is 81.4. The summed E-state index contributed by atoms with van der Waals surface area (Å²) in [5.74, 6) is 2.02. The SMILES string of the molecule is C=CC(=O)N1CC(N(C)C(C)C)C1.C=CC(=O)N1CC(NC(C)C)C1.C=CC(=O)N1CC(OC(C)C)C1.C=CC(=O)N1CC2C1CCCN2C(C)C.C=CC(=O)N1CC2C1CCN2C(C)C.C=CC(=O)N1CCC2C1CN2C(C)C.C=CC(=O)N1CCCC(CC(C)C)C1.C=CC(=O)N1CCCC2C1CN2C(C)C. The van der Waals surface area contributed by atoms with Gasteiger partial charge in [-0.25, -0.2) is 0 Å². The van der Waals surface area contributed by atoms with Gasteiger partial charge in [0.15, 0.2) is 0 Å². The number of amides is 8. The summed E-state index contributed by atoms with van der Waals surface area (Å²) in [6.45, 7) is 77.5. The van der Waals surface area contributed by atoms with E-state index in [2.05, 4.69) is 186 Å². The van der Waals surface area contributed by atoms with Gasteiger partial charge in [0.25, 0.3) is 0 Å². The van der Waals surface area contributed by atoms with Crippen molar-refractivity contribution in [1.29, 1.82) is 0 Å². The number of fused-ring (bicyclic) bond motifs is 4. The summed E-state index contributed by atoms with van der Waals surface area (Å²) in [5, 5.41) is 3.36. The van der Waals surface area contributed by atoms with Crippen molar-refractivity contribution >= 4 is 47.3 Å². The Hall–Kier alpha value is -6.60. The third kappa shape index (κ3) is 25.7. The number of carbonyl (C=O) groups excluding carboxylic acids is 8. The minimum atomic E-state index is -0.00129. The van der Waals surface area contributed by atoms with Gasteiger partial charge >= 0.3 is 0 Å². The van der Waals surface area contributed by atoms with Crippen molar-refractivity contribution in [2.45, 2.75) is 277 Å². The number of hydrogen-bond acceptors (Lipinski definition) is 15. The van der Waals surface area contributed by atoms with E-state index in [0.29, 0.717) is 116 Å². The van der Waals surface area contributed by atoms with E-state index in [-0.39, 0.29) is 59.5 Å². The van der Waals surface area contributed by atoms with E-state index < -0.39 is 0 Å². The molecule has 12 fully saturated rings. The maximum absolute atomic E-state index is 11.6. The number of hydrogen-bond donors (Lipinski definition) is 1. The third-order valence-electron chi connectivity index (χ3n) is 23.6. The fourth-order valence-corrected chi connectivity index (χ4v) is 17.3. The highest BCUT2D eigenvalue weighted by atomic mass is 16.5.